The number of hydrogen-bond donors (Lipinski definition) is 2. The highest BCUT2D eigenvalue weighted by Crippen LogP contribution is 2.35. The Kier molecular flexibility index (Phi) is 4.97. The molecule has 0 aliphatic carbocycles. The molecule has 7 heteroatoms. The van der Waals surface area contributed by atoms with E-state index >= 15 is 0 Å². The molecule has 1 aromatic carbocycles. The standard InChI is InChI=1S/C15H21NO6/c1-15(2,3)22-14(18)16-7-10(17)8-19-11-4-5-12-13(6-11)21-9-20-12/h4-6,10,17H,7-9H2,1-3H3,(H,16,18). The van der Waals surface area contributed by atoms with Gasteiger partial charge in [0.05, 0.1) is 6.54 Å². The summed E-state index contributed by atoms with van der Waals surface area (Å²) in [4.78, 5) is 11.4. The first-order chi connectivity index (χ1) is 10.3. The van der Waals surface area contributed by atoms with Gasteiger partial charge in [-0.25, -0.2) is 4.79 Å². The number of fused-ring (bicyclic) bond motifs is 1. The van der Waals surface area contributed by atoms with Gasteiger partial charge in [0.15, 0.2) is 11.5 Å². The Hall–Kier alpha value is -2.15. The molecule has 1 aliphatic rings. The maximum atomic E-state index is 11.4. The smallest absolute Gasteiger partial charge is 0.407 e. The molecule has 122 valence electrons. The number of aliphatic hydroxyl groups excluding tert-OH is 1. The zero-order valence-corrected chi connectivity index (χ0v) is 12.9. The lowest BCUT2D eigenvalue weighted by molar-refractivity contribution is 0.0463. The van der Waals surface area contributed by atoms with Crippen molar-refractivity contribution in [1.29, 1.82) is 0 Å². The lowest BCUT2D eigenvalue weighted by Crippen LogP contribution is -2.38. The average Bonchev–Trinajstić information content (AvgIpc) is 2.88. The minimum Gasteiger partial charge on any atom is -0.491 e. The molecule has 1 aromatic rings. The van der Waals surface area contributed by atoms with Crippen molar-refractivity contribution in [2.24, 2.45) is 0 Å². The maximum Gasteiger partial charge on any atom is 0.407 e. The maximum absolute atomic E-state index is 11.4. The zero-order chi connectivity index (χ0) is 16.2. The first kappa shape index (κ1) is 16.2. The number of aliphatic hydroxyl groups is 1. The van der Waals surface area contributed by atoms with Crippen LogP contribution < -0.4 is 19.5 Å². The van der Waals surface area contributed by atoms with Crippen LogP contribution >= 0.6 is 0 Å². The van der Waals surface area contributed by atoms with E-state index in [-0.39, 0.29) is 19.9 Å². The molecule has 22 heavy (non-hydrogen) atoms. The number of carbonyl (C=O) groups is 1. The first-order valence-electron chi connectivity index (χ1n) is 7.01. The van der Waals surface area contributed by atoms with Crippen LogP contribution in [0.5, 0.6) is 17.2 Å². The van der Waals surface area contributed by atoms with E-state index in [0.29, 0.717) is 17.2 Å². The molecule has 0 bridgehead atoms. The van der Waals surface area contributed by atoms with Gasteiger partial charge in [-0.1, -0.05) is 0 Å². The Morgan fingerprint density at radius 1 is 1.36 bits per heavy atom. The van der Waals surface area contributed by atoms with Gasteiger partial charge in [0, 0.05) is 6.07 Å². The van der Waals surface area contributed by atoms with Crippen molar-refractivity contribution >= 4 is 6.09 Å². The van der Waals surface area contributed by atoms with Crippen molar-refractivity contribution in [2.45, 2.75) is 32.5 Å². The molecule has 0 radical (unpaired) electrons. The molecule has 0 saturated carbocycles. The third-order valence-corrected chi connectivity index (χ3v) is 2.67. The fourth-order valence-corrected chi connectivity index (χ4v) is 1.73. The third-order valence-electron chi connectivity index (χ3n) is 2.67. The molecule has 2 N–H and O–H groups in total. The van der Waals surface area contributed by atoms with E-state index in [9.17, 15) is 9.90 Å². The van der Waals surface area contributed by atoms with Crippen molar-refractivity contribution in [1.82, 2.24) is 5.32 Å². The third kappa shape index (κ3) is 5.00. The van der Waals surface area contributed by atoms with E-state index in [1.165, 1.54) is 0 Å². The Morgan fingerprint density at radius 3 is 2.82 bits per heavy atom. The average molecular weight is 311 g/mol. The molecule has 1 atom stereocenters. The molecular weight excluding hydrogens is 290 g/mol. The van der Waals surface area contributed by atoms with Crippen molar-refractivity contribution in [3.8, 4) is 17.2 Å². The first-order valence-corrected chi connectivity index (χ1v) is 7.01. The fourth-order valence-electron chi connectivity index (χ4n) is 1.73. The van der Waals surface area contributed by atoms with Gasteiger partial charge in [-0.05, 0) is 32.9 Å². The minimum absolute atomic E-state index is 0.0371. The summed E-state index contributed by atoms with van der Waals surface area (Å²) in [6.45, 7) is 5.58. The van der Waals surface area contributed by atoms with Gasteiger partial charge in [-0.2, -0.15) is 0 Å². The van der Waals surface area contributed by atoms with Gasteiger partial charge in [-0.3, -0.25) is 0 Å². The second kappa shape index (κ2) is 6.74. The Bertz CT molecular complexity index is 525. The summed E-state index contributed by atoms with van der Waals surface area (Å²) in [5.74, 6) is 1.83. The number of nitrogens with one attached hydrogen (secondary N) is 1. The van der Waals surface area contributed by atoms with Crippen molar-refractivity contribution in [3.63, 3.8) is 0 Å². The van der Waals surface area contributed by atoms with Crippen LogP contribution in [0, 0.1) is 0 Å². The SMILES string of the molecule is CC(C)(C)OC(=O)NCC(O)COc1ccc2c(c1)OCO2. The van der Waals surface area contributed by atoms with Gasteiger partial charge >= 0.3 is 6.09 Å². The van der Waals surface area contributed by atoms with Crippen LogP contribution in [0.15, 0.2) is 18.2 Å². The normalized spacial score (nSPS) is 14.4. The van der Waals surface area contributed by atoms with Gasteiger partial charge in [-0.15, -0.1) is 0 Å². The van der Waals surface area contributed by atoms with Crippen LogP contribution in [0.25, 0.3) is 0 Å². The molecule has 0 spiro atoms. The van der Waals surface area contributed by atoms with E-state index in [0.717, 1.165) is 0 Å². The summed E-state index contributed by atoms with van der Waals surface area (Å²) in [6.07, 6.45) is -1.42. The molecule has 1 unspecified atom stereocenters. The molecule has 1 amide bonds. The quantitative estimate of drug-likeness (QED) is 0.860. The number of alkyl carbamates (subject to hydrolysis) is 1. The van der Waals surface area contributed by atoms with Crippen LogP contribution in [0.4, 0.5) is 4.79 Å². The van der Waals surface area contributed by atoms with Crippen LogP contribution in [0.2, 0.25) is 0 Å². The molecule has 0 aromatic heterocycles. The summed E-state index contributed by atoms with van der Waals surface area (Å²) in [7, 11) is 0. The number of ether oxygens (including phenoxy) is 4. The Labute approximate surface area is 129 Å². The Morgan fingerprint density at radius 2 is 2.09 bits per heavy atom. The lowest BCUT2D eigenvalue weighted by atomic mass is 10.2. The molecule has 0 saturated heterocycles. The van der Waals surface area contributed by atoms with E-state index in [1.807, 2.05) is 0 Å². The van der Waals surface area contributed by atoms with E-state index in [2.05, 4.69) is 5.32 Å². The largest absolute Gasteiger partial charge is 0.491 e. The number of carbonyl (C=O) groups excluding carboxylic acids is 1. The molecule has 2 rings (SSSR count). The van der Waals surface area contributed by atoms with Gasteiger partial charge in [0.25, 0.3) is 0 Å². The minimum atomic E-state index is -0.849. The molecule has 1 aliphatic heterocycles. The highest BCUT2D eigenvalue weighted by atomic mass is 16.7. The second-order valence-corrected chi connectivity index (χ2v) is 5.86. The van der Waals surface area contributed by atoms with Crippen molar-refractivity contribution in [3.05, 3.63) is 18.2 Å². The highest BCUT2D eigenvalue weighted by molar-refractivity contribution is 5.67. The molecule has 7 nitrogen and oxygen atoms in total. The van der Waals surface area contributed by atoms with E-state index in [1.54, 1.807) is 39.0 Å². The Balaban J connectivity index is 1.71. The predicted octanol–water partition coefficient (Wildman–Crippen LogP) is 1.68. The van der Waals surface area contributed by atoms with E-state index in [4.69, 9.17) is 18.9 Å². The summed E-state index contributed by atoms with van der Waals surface area (Å²) in [5.41, 5.74) is -0.571. The van der Waals surface area contributed by atoms with Crippen LogP contribution in [-0.4, -0.2) is 42.8 Å². The molecule has 0 fully saturated rings. The summed E-state index contributed by atoms with van der Waals surface area (Å²) < 4.78 is 20.9. The highest BCUT2D eigenvalue weighted by Gasteiger charge is 2.17. The fraction of sp³-hybridized carbons (Fsp3) is 0.533. The number of rotatable bonds is 5. The topological polar surface area (TPSA) is 86.3 Å². The predicted molar refractivity (Wildman–Crippen MR) is 78.3 cm³/mol. The van der Waals surface area contributed by atoms with Crippen molar-refractivity contribution < 1.29 is 28.8 Å². The van der Waals surface area contributed by atoms with Crippen LogP contribution in [0.3, 0.4) is 0 Å². The second-order valence-electron chi connectivity index (χ2n) is 5.86. The zero-order valence-electron chi connectivity index (χ0n) is 12.9. The van der Waals surface area contributed by atoms with Crippen molar-refractivity contribution in [2.75, 3.05) is 19.9 Å². The van der Waals surface area contributed by atoms with E-state index < -0.39 is 17.8 Å². The molecular formula is C15H21NO6. The number of hydrogen-bond acceptors (Lipinski definition) is 6. The lowest BCUT2D eigenvalue weighted by Gasteiger charge is -2.20. The summed E-state index contributed by atoms with van der Waals surface area (Å²) in [5, 5.41) is 12.3. The van der Waals surface area contributed by atoms with Gasteiger partial charge in [0.2, 0.25) is 6.79 Å². The summed E-state index contributed by atoms with van der Waals surface area (Å²) in [6, 6.07) is 5.15. The molecule has 1 heterocycles. The van der Waals surface area contributed by atoms with Crippen LogP contribution in [-0.2, 0) is 4.74 Å². The van der Waals surface area contributed by atoms with Gasteiger partial charge < -0.3 is 29.4 Å². The van der Waals surface area contributed by atoms with Gasteiger partial charge in [0.1, 0.15) is 24.1 Å². The number of benzene rings is 1. The van der Waals surface area contributed by atoms with Crippen LogP contribution in [0.1, 0.15) is 20.8 Å². The monoisotopic (exact) mass is 311 g/mol. The summed E-state index contributed by atoms with van der Waals surface area (Å²) >= 11 is 0. The number of amides is 1.